The fourth-order valence-corrected chi connectivity index (χ4v) is 3.59. The molecule has 0 saturated heterocycles. The van der Waals surface area contributed by atoms with Gasteiger partial charge in [0, 0.05) is 5.41 Å². The van der Waals surface area contributed by atoms with Gasteiger partial charge in [-0.05, 0) is 74.3 Å². The normalized spacial score (nSPS) is 11.9. The van der Waals surface area contributed by atoms with Crippen LogP contribution < -0.4 is 0 Å². The first-order valence-electron chi connectivity index (χ1n) is 10.3. The van der Waals surface area contributed by atoms with E-state index in [2.05, 4.69) is 25.7 Å². The van der Waals surface area contributed by atoms with Gasteiger partial charge in [0.15, 0.2) is 0 Å². The summed E-state index contributed by atoms with van der Waals surface area (Å²) in [7, 11) is 0. The van der Waals surface area contributed by atoms with Gasteiger partial charge < -0.3 is 15.1 Å². The number of benzene rings is 2. The van der Waals surface area contributed by atoms with Crippen LogP contribution in [0.2, 0.25) is 0 Å². The average Bonchev–Trinajstić information content (AvgIpc) is 2.68. The number of hydrogen-bond acceptors (Lipinski definition) is 3. The predicted octanol–water partition coefficient (Wildman–Crippen LogP) is 5.70. The third kappa shape index (κ3) is 6.00. The Morgan fingerprint density at radius 1 is 0.704 bits per heavy atom. The van der Waals surface area contributed by atoms with Crippen LogP contribution in [0.5, 0.6) is 11.5 Å². The van der Waals surface area contributed by atoms with Crippen molar-refractivity contribution >= 4 is 0 Å². The Kier molecular flexibility index (Phi) is 8.18. The summed E-state index contributed by atoms with van der Waals surface area (Å²) >= 11 is 0. The molecule has 0 aliphatic rings. The second-order valence-corrected chi connectivity index (χ2v) is 7.72. The number of rotatable bonds is 11. The van der Waals surface area contributed by atoms with Crippen molar-refractivity contribution in [3.05, 3.63) is 59.7 Å². The van der Waals surface area contributed by atoms with Gasteiger partial charge in [-0.15, -0.1) is 0 Å². The van der Waals surface area contributed by atoms with Crippen LogP contribution in [-0.4, -0.2) is 34.7 Å². The Hall–Kier alpha value is -2.00. The molecule has 3 heteroatoms. The number of phenolic OH excluding ortho intramolecular Hbond substituents is 2. The third-order valence-corrected chi connectivity index (χ3v) is 5.59. The molecule has 2 N–H and O–H groups in total. The zero-order chi connectivity index (χ0) is 19.7. The van der Waals surface area contributed by atoms with Crippen molar-refractivity contribution in [2.45, 2.75) is 58.3 Å². The number of aromatic hydroxyl groups is 2. The van der Waals surface area contributed by atoms with Gasteiger partial charge in [-0.25, -0.2) is 0 Å². The van der Waals surface area contributed by atoms with Gasteiger partial charge in [0.2, 0.25) is 0 Å². The molecule has 0 atom stereocenters. The number of nitrogens with zero attached hydrogens (tertiary/aromatic N) is 1. The van der Waals surface area contributed by atoms with Crippen LogP contribution >= 0.6 is 0 Å². The predicted molar refractivity (Wildman–Crippen MR) is 114 cm³/mol. The largest absolute Gasteiger partial charge is 0.508 e. The van der Waals surface area contributed by atoms with Gasteiger partial charge in [-0.3, -0.25) is 0 Å². The van der Waals surface area contributed by atoms with E-state index in [-0.39, 0.29) is 5.41 Å². The molecule has 0 fully saturated rings. The van der Waals surface area contributed by atoms with Gasteiger partial charge in [-0.2, -0.15) is 0 Å². The molecule has 0 spiro atoms. The molecule has 0 radical (unpaired) electrons. The molecule has 2 aromatic rings. The van der Waals surface area contributed by atoms with Gasteiger partial charge in [0.1, 0.15) is 11.5 Å². The topological polar surface area (TPSA) is 43.7 Å². The van der Waals surface area contributed by atoms with Crippen LogP contribution in [0.15, 0.2) is 48.5 Å². The van der Waals surface area contributed by atoms with E-state index in [1.807, 2.05) is 24.3 Å². The van der Waals surface area contributed by atoms with E-state index < -0.39 is 0 Å². The Balaban J connectivity index is 2.25. The van der Waals surface area contributed by atoms with Crippen molar-refractivity contribution in [2.75, 3.05) is 19.6 Å². The number of phenols is 2. The highest BCUT2D eigenvalue weighted by Crippen LogP contribution is 2.37. The first kappa shape index (κ1) is 21.3. The third-order valence-electron chi connectivity index (χ3n) is 5.59. The lowest BCUT2D eigenvalue weighted by Gasteiger charge is -2.34. The van der Waals surface area contributed by atoms with Gasteiger partial charge in [0.25, 0.3) is 0 Å². The molecular weight excluding hydrogens is 334 g/mol. The minimum atomic E-state index is -0.169. The van der Waals surface area contributed by atoms with Crippen LogP contribution in [0.25, 0.3) is 0 Å². The molecule has 3 nitrogen and oxygen atoms in total. The molecule has 148 valence electrons. The van der Waals surface area contributed by atoms with Crippen molar-refractivity contribution in [2.24, 2.45) is 0 Å². The zero-order valence-corrected chi connectivity index (χ0v) is 17.1. The highest BCUT2D eigenvalue weighted by molar-refractivity contribution is 5.42. The molecule has 0 amide bonds. The molecule has 0 aromatic heterocycles. The van der Waals surface area contributed by atoms with E-state index in [1.165, 1.54) is 36.8 Å². The molecular formula is C24H35NO2. The second kappa shape index (κ2) is 10.4. The highest BCUT2D eigenvalue weighted by atomic mass is 16.3. The van der Waals surface area contributed by atoms with E-state index in [9.17, 15) is 10.2 Å². The van der Waals surface area contributed by atoms with Crippen molar-refractivity contribution < 1.29 is 10.2 Å². The van der Waals surface area contributed by atoms with Crippen molar-refractivity contribution in [3.63, 3.8) is 0 Å². The zero-order valence-electron chi connectivity index (χ0n) is 17.1. The van der Waals surface area contributed by atoms with E-state index in [0.29, 0.717) is 11.5 Å². The summed E-state index contributed by atoms with van der Waals surface area (Å²) in [5.41, 5.74) is 2.21. The maximum absolute atomic E-state index is 9.70. The smallest absolute Gasteiger partial charge is 0.115 e. The second-order valence-electron chi connectivity index (χ2n) is 7.72. The average molecular weight is 370 g/mol. The van der Waals surface area contributed by atoms with Crippen LogP contribution in [0.4, 0.5) is 0 Å². The fourth-order valence-electron chi connectivity index (χ4n) is 3.59. The molecule has 0 saturated carbocycles. The summed E-state index contributed by atoms with van der Waals surface area (Å²) in [6.45, 7) is 10.1. The van der Waals surface area contributed by atoms with Gasteiger partial charge in [0.05, 0.1) is 0 Å². The van der Waals surface area contributed by atoms with Crippen LogP contribution in [0.3, 0.4) is 0 Å². The molecule has 0 unspecified atom stereocenters. The van der Waals surface area contributed by atoms with Crippen molar-refractivity contribution in [1.29, 1.82) is 0 Å². The first-order chi connectivity index (χ1) is 13.0. The molecule has 0 aliphatic heterocycles. The Labute approximate surface area is 164 Å². The summed E-state index contributed by atoms with van der Waals surface area (Å²) in [6.07, 6.45) is 5.90. The molecule has 0 heterocycles. The van der Waals surface area contributed by atoms with Crippen LogP contribution in [0, 0.1) is 0 Å². The molecule has 0 bridgehead atoms. The Morgan fingerprint density at radius 2 is 1.11 bits per heavy atom. The maximum atomic E-state index is 9.70. The minimum absolute atomic E-state index is 0.169. The summed E-state index contributed by atoms with van der Waals surface area (Å²) in [5, 5.41) is 19.4. The number of unbranched alkanes of at least 4 members (excludes halogenated alkanes) is 2. The van der Waals surface area contributed by atoms with Crippen molar-refractivity contribution in [3.8, 4) is 11.5 Å². The van der Waals surface area contributed by atoms with Crippen LogP contribution in [-0.2, 0) is 5.41 Å². The summed E-state index contributed by atoms with van der Waals surface area (Å²) in [6, 6.07) is 15.1. The Bertz CT molecular complexity index is 610. The van der Waals surface area contributed by atoms with Gasteiger partial charge in [-0.1, -0.05) is 57.9 Å². The fraction of sp³-hybridized carbons (Fsp3) is 0.500. The molecule has 0 aliphatic carbocycles. The molecule has 2 rings (SSSR count). The van der Waals surface area contributed by atoms with E-state index in [0.717, 1.165) is 26.1 Å². The standard InChI is InChI=1S/C24H35NO2/c1-4-6-17-25(18-7-5-2)19-16-24(3,20-8-12-22(26)13-9-20)21-10-14-23(27)15-11-21/h8-15,26-27H,4-7,16-19H2,1-3H3. The summed E-state index contributed by atoms with van der Waals surface area (Å²) in [5.74, 6) is 0.582. The quantitative estimate of drug-likeness (QED) is 0.534. The van der Waals surface area contributed by atoms with Crippen molar-refractivity contribution in [1.82, 2.24) is 4.90 Å². The minimum Gasteiger partial charge on any atom is -0.508 e. The highest BCUT2D eigenvalue weighted by Gasteiger charge is 2.29. The van der Waals surface area contributed by atoms with E-state index in [1.54, 1.807) is 24.3 Å². The lowest BCUT2D eigenvalue weighted by molar-refractivity contribution is 0.245. The lowest BCUT2D eigenvalue weighted by atomic mass is 9.73. The lowest BCUT2D eigenvalue weighted by Crippen LogP contribution is -2.33. The monoisotopic (exact) mass is 369 g/mol. The summed E-state index contributed by atoms with van der Waals surface area (Å²) < 4.78 is 0. The number of hydrogen-bond donors (Lipinski definition) is 2. The van der Waals surface area contributed by atoms with Gasteiger partial charge >= 0.3 is 0 Å². The molecule has 27 heavy (non-hydrogen) atoms. The first-order valence-corrected chi connectivity index (χ1v) is 10.3. The maximum Gasteiger partial charge on any atom is 0.115 e. The molecule has 2 aromatic carbocycles. The van der Waals surface area contributed by atoms with Crippen LogP contribution in [0.1, 0.15) is 64.0 Å². The van der Waals surface area contributed by atoms with E-state index in [4.69, 9.17) is 0 Å². The summed E-state index contributed by atoms with van der Waals surface area (Å²) in [4.78, 5) is 2.59. The SMILES string of the molecule is CCCCN(CCCC)CCC(C)(c1ccc(O)cc1)c1ccc(O)cc1. The Morgan fingerprint density at radius 3 is 1.48 bits per heavy atom. The van der Waals surface area contributed by atoms with E-state index >= 15 is 0 Å².